The van der Waals surface area contributed by atoms with Gasteiger partial charge in [0.2, 0.25) is 5.91 Å². The summed E-state index contributed by atoms with van der Waals surface area (Å²) in [5.41, 5.74) is 6.42. The van der Waals surface area contributed by atoms with Crippen molar-refractivity contribution < 1.29 is 14.3 Å². The van der Waals surface area contributed by atoms with Gasteiger partial charge in [0.05, 0.1) is 13.2 Å². The van der Waals surface area contributed by atoms with Crippen LogP contribution in [0, 0.1) is 5.92 Å². The number of nitrogens with two attached hydrogens (primary N) is 1. The molecule has 0 bridgehead atoms. The van der Waals surface area contributed by atoms with Crippen LogP contribution in [-0.4, -0.2) is 31.4 Å². The van der Waals surface area contributed by atoms with E-state index in [-0.39, 0.29) is 11.7 Å². The van der Waals surface area contributed by atoms with Crippen LogP contribution < -0.4 is 15.8 Å². The molecule has 0 aliphatic carbocycles. The van der Waals surface area contributed by atoms with Crippen LogP contribution in [0.4, 0.5) is 0 Å². The van der Waals surface area contributed by atoms with Gasteiger partial charge in [-0.05, 0) is 37.1 Å². The van der Waals surface area contributed by atoms with Gasteiger partial charge in [0.15, 0.2) is 5.78 Å². The second kappa shape index (κ2) is 5.84. The topological polar surface area (TPSA) is 81.4 Å². The zero-order chi connectivity index (χ0) is 13.8. The lowest BCUT2D eigenvalue weighted by Gasteiger charge is -2.18. The average Bonchev–Trinajstić information content (AvgIpc) is 2.61. The van der Waals surface area contributed by atoms with E-state index in [4.69, 9.17) is 10.5 Å². The van der Waals surface area contributed by atoms with Crippen LogP contribution in [0.25, 0.3) is 0 Å². The molecule has 1 fully saturated rings. The number of amides is 1. The smallest absolute Gasteiger partial charge is 0.237 e. The van der Waals surface area contributed by atoms with Crippen molar-refractivity contribution in [2.75, 3.05) is 13.7 Å². The first-order valence-corrected chi connectivity index (χ1v) is 6.35. The Morgan fingerprint density at radius 1 is 1.37 bits per heavy atom. The first-order chi connectivity index (χ1) is 9.13. The molecule has 0 saturated carbocycles. The van der Waals surface area contributed by atoms with Crippen molar-refractivity contribution in [1.82, 2.24) is 5.32 Å². The standard InChI is InChI=1S/C14H18N2O3/c1-19-10-6-4-9(5-7-10)13(17)11-3-2-8-16-14(18)12(11)15/h4-7,11-12H,2-3,8,15H2,1H3,(H,16,18). The number of nitrogens with one attached hydrogen (secondary N) is 1. The molecule has 102 valence electrons. The van der Waals surface area contributed by atoms with Gasteiger partial charge in [-0.15, -0.1) is 0 Å². The van der Waals surface area contributed by atoms with Crippen molar-refractivity contribution in [2.24, 2.45) is 11.7 Å². The molecule has 2 atom stereocenters. The minimum atomic E-state index is -0.767. The Morgan fingerprint density at radius 3 is 2.68 bits per heavy atom. The van der Waals surface area contributed by atoms with E-state index in [1.54, 1.807) is 31.4 Å². The molecule has 5 heteroatoms. The molecule has 1 aromatic carbocycles. The lowest BCUT2D eigenvalue weighted by molar-refractivity contribution is -0.122. The normalized spacial score (nSPS) is 23.4. The maximum Gasteiger partial charge on any atom is 0.237 e. The fourth-order valence-corrected chi connectivity index (χ4v) is 2.28. The quantitative estimate of drug-likeness (QED) is 0.787. The lowest BCUT2D eigenvalue weighted by atomic mass is 9.88. The number of methoxy groups -OCH3 is 1. The van der Waals surface area contributed by atoms with Gasteiger partial charge in [0, 0.05) is 18.0 Å². The Bertz CT molecular complexity index is 470. The molecule has 3 N–H and O–H groups in total. The minimum Gasteiger partial charge on any atom is -0.497 e. The van der Waals surface area contributed by atoms with Crippen molar-refractivity contribution in [3.8, 4) is 5.75 Å². The number of carbonyl (C=O) groups excluding carboxylic acids is 2. The zero-order valence-corrected chi connectivity index (χ0v) is 10.9. The molecule has 1 aromatic rings. The number of Topliss-reactive ketones (excluding diaryl/α,β-unsaturated/α-hetero) is 1. The summed E-state index contributed by atoms with van der Waals surface area (Å²) in [6.45, 7) is 0.582. The van der Waals surface area contributed by atoms with Crippen molar-refractivity contribution in [1.29, 1.82) is 0 Å². The Labute approximate surface area is 112 Å². The molecule has 0 spiro atoms. The Morgan fingerprint density at radius 2 is 2.05 bits per heavy atom. The van der Waals surface area contributed by atoms with Gasteiger partial charge < -0.3 is 15.8 Å². The Hall–Kier alpha value is -1.88. The second-order valence-electron chi connectivity index (χ2n) is 4.66. The van der Waals surface area contributed by atoms with E-state index in [2.05, 4.69) is 5.32 Å². The second-order valence-corrected chi connectivity index (χ2v) is 4.66. The first-order valence-electron chi connectivity index (χ1n) is 6.35. The lowest BCUT2D eigenvalue weighted by Crippen LogP contribution is -2.45. The van der Waals surface area contributed by atoms with E-state index in [0.29, 0.717) is 24.3 Å². The highest BCUT2D eigenvalue weighted by Gasteiger charge is 2.32. The highest BCUT2D eigenvalue weighted by atomic mass is 16.5. The summed E-state index contributed by atoms with van der Waals surface area (Å²) < 4.78 is 5.05. The van der Waals surface area contributed by atoms with Gasteiger partial charge in [0.25, 0.3) is 0 Å². The van der Waals surface area contributed by atoms with Crippen LogP contribution in [0.15, 0.2) is 24.3 Å². The summed E-state index contributed by atoms with van der Waals surface area (Å²) in [5, 5.41) is 2.71. The van der Waals surface area contributed by atoms with Crippen LogP contribution in [0.5, 0.6) is 5.75 Å². The predicted octanol–water partition coefficient (Wildman–Crippen LogP) is 0.731. The average molecular weight is 262 g/mol. The number of hydrogen-bond acceptors (Lipinski definition) is 4. The molecular formula is C14H18N2O3. The number of ketones is 1. The van der Waals surface area contributed by atoms with E-state index in [9.17, 15) is 9.59 Å². The van der Waals surface area contributed by atoms with Gasteiger partial charge in [0.1, 0.15) is 5.75 Å². The molecule has 2 unspecified atom stereocenters. The number of hydrogen-bond donors (Lipinski definition) is 2. The van der Waals surface area contributed by atoms with E-state index in [1.165, 1.54) is 0 Å². The van der Waals surface area contributed by atoms with Crippen LogP contribution in [0.1, 0.15) is 23.2 Å². The third-order valence-corrected chi connectivity index (χ3v) is 3.44. The fourth-order valence-electron chi connectivity index (χ4n) is 2.28. The molecule has 19 heavy (non-hydrogen) atoms. The molecular weight excluding hydrogens is 244 g/mol. The number of benzene rings is 1. The third-order valence-electron chi connectivity index (χ3n) is 3.44. The van der Waals surface area contributed by atoms with Gasteiger partial charge in [-0.1, -0.05) is 0 Å². The van der Waals surface area contributed by atoms with Crippen LogP contribution >= 0.6 is 0 Å². The van der Waals surface area contributed by atoms with E-state index >= 15 is 0 Å². The SMILES string of the molecule is COc1ccc(C(=O)C2CCCNC(=O)C2N)cc1. The highest BCUT2D eigenvalue weighted by molar-refractivity contribution is 6.01. The molecule has 1 amide bonds. The summed E-state index contributed by atoms with van der Waals surface area (Å²) >= 11 is 0. The molecule has 5 nitrogen and oxygen atoms in total. The van der Waals surface area contributed by atoms with E-state index in [0.717, 1.165) is 6.42 Å². The Balaban J connectivity index is 2.18. The monoisotopic (exact) mass is 262 g/mol. The molecule has 1 aliphatic rings. The fraction of sp³-hybridized carbons (Fsp3) is 0.429. The molecule has 0 aromatic heterocycles. The highest BCUT2D eigenvalue weighted by Crippen LogP contribution is 2.21. The molecule has 1 heterocycles. The summed E-state index contributed by atoms with van der Waals surface area (Å²) in [6.07, 6.45) is 1.40. The number of rotatable bonds is 3. The van der Waals surface area contributed by atoms with Crippen molar-refractivity contribution in [2.45, 2.75) is 18.9 Å². The van der Waals surface area contributed by atoms with Crippen LogP contribution in [0.3, 0.4) is 0 Å². The van der Waals surface area contributed by atoms with Crippen LogP contribution in [0.2, 0.25) is 0 Å². The maximum atomic E-state index is 12.4. The summed E-state index contributed by atoms with van der Waals surface area (Å²) in [4.78, 5) is 24.1. The predicted molar refractivity (Wildman–Crippen MR) is 71.0 cm³/mol. The van der Waals surface area contributed by atoms with E-state index in [1.807, 2.05) is 0 Å². The zero-order valence-electron chi connectivity index (χ0n) is 10.9. The summed E-state index contributed by atoms with van der Waals surface area (Å²) in [6, 6.07) is 6.11. The third kappa shape index (κ3) is 2.93. The van der Waals surface area contributed by atoms with Crippen molar-refractivity contribution >= 4 is 11.7 Å². The summed E-state index contributed by atoms with van der Waals surface area (Å²) in [5.74, 6) is -0.0769. The van der Waals surface area contributed by atoms with Gasteiger partial charge >= 0.3 is 0 Å². The number of ether oxygens (including phenoxy) is 1. The largest absolute Gasteiger partial charge is 0.497 e. The van der Waals surface area contributed by atoms with Crippen LogP contribution in [-0.2, 0) is 4.79 Å². The molecule has 0 radical (unpaired) electrons. The molecule has 1 aliphatic heterocycles. The molecule has 1 saturated heterocycles. The van der Waals surface area contributed by atoms with Crippen molar-refractivity contribution in [3.63, 3.8) is 0 Å². The Kier molecular flexibility index (Phi) is 4.16. The maximum absolute atomic E-state index is 12.4. The molecule has 2 rings (SSSR count). The first kappa shape index (κ1) is 13.5. The van der Waals surface area contributed by atoms with E-state index < -0.39 is 12.0 Å². The van der Waals surface area contributed by atoms with Gasteiger partial charge in [-0.25, -0.2) is 0 Å². The number of carbonyl (C=O) groups is 2. The van der Waals surface area contributed by atoms with Gasteiger partial charge in [-0.3, -0.25) is 9.59 Å². The summed E-state index contributed by atoms with van der Waals surface area (Å²) in [7, 11) is 1.57. The van der Waals surface area contributed by atoms with Gasteiger partial charge in [-0.2, -0.15) is 0 Å². The minimum absolute atomic E-state index is 0.0767. The van der Waals surface area contributed by atoms with Crippen molar-refractivity contribution in [3.05, 3.63) is 29.8 Å².